The molecule has 2 rings (SSSR count). The Bertz CT molecular complexity index is 653. The second kappa shape index (κ2) is 6.31. The molecule has 0 amide bonds. The van der Waals surface area contributed by atoms with Crippen LogP contribution in [0.15, 0.2) is 18.3 Å². The van der Waals surface area contributed by atoms with Crippen LogP contribution in [-0.4, -0.2) is 31.6 Å². The molecule has 1 heterocycles. The fourth-order valence-corrected chi connectivity index (χ4v) is 2.01. The van der Waals surface area contributed by atoms with Crippen molar-refractivity contribution in [3.8, 4) is 0 Å². The quantitative estimate of drug-likeness (QED) is 0.615. The number of nitro benzene ring substituents is 1. The molecule has 0 aliphatic carbocycles. The molecular weight excluding hydrogens is 274 g/mol. The lowest BCUT2D eigenvalue weighted by molar-refractivity contribution is -0.385. The highest BCUT2D eigenvalue weighted by atomic mass is 16.6. The van der Waals surface area contributed by atoms with Crippen LogP contribution in [0.25, 0.3) is 0 Å². The van der Waals surface area contributed by atoms with Crippen LogP contribution >= 0.6 is 0 Å². The Balaban J connectivity index is 2.09. The van der Waals surface area contributed by atoms with E-state index in [1.807, 2.05) is 6.92 Å². The van der Waals surface area contributed by atoms with Crippen LogP contribution in [0.1, 0.15) is 16.8 Å². The van der Waals surface area contributed by atoms with Gasteiger partial charge in [-0.3, -0.25) is 10.1 Å². The topological polar surface area (TPSA) is 106 Å². The van der Waals surface area contributed by atoms with E-state index in [9.17, 15) is 10.1 Å². The smallest absolute Gasteiger partial charge is 0.272 e. The van der Waals surface area contributed by atoms with Crippen LogP contribution in [0.5, 0.6) is 0 Å². The first-order valence-corrected chi connectivity index (χ1v) is 6.50. The zero-order valence-electron chi connectivity index (χ0n) is 11.9. The summed E-state index contributed by atoms with van der Waals surface area (Å²) in [5.74, 6) is 0. The van der Waals surface area contributed by atoms with Gasteiger partial charge in [-0.05, 0) is 25.5 Å². The number of nitro groups is 1. The largest absolute Gasteiger partial charge is 0.394 e. The van der Waals surface area contributed by atoms with Gasteiger partial charge in [0.25, 0.3) is 5.69 Å². The third kappa shape index (κ3) is 3.54. The SMILES string of the molecule is Cc1cc([N+](=O)[O-])c(C)cc1NCc1cn(CCO)nn1. The first kappa shape index (κ1) is 14.9. The number of anilines is 1. The summed E-state index contributed by atoms with van der Waals surface area (Å²) in [6.45, 7) is 4.40. The van der Waals surface area contributed by atoms with E-state index in [-0.39, 0.29) is 17.2 Å². The van der Waals surface area contributed by atoms with Gasteiger partial charge in [0.2, 0.25) is 0 Å². The second-order valence-electron chi connectivity index (χ2n) is 4.76. The Morgan fingerprint density at radius 3 is 2.81 bits per heavy atom. The number of hydrogen-bond donors (Lipinski definition) is 2. The lowest BCUT2D eigenvalue weighted by Crippen LogP contribution is -2.03. The minimum absolute atomic E-state index is 0.0108. The van der Waals surface area contributed by atoms with E-state index >= 15 is 0 Å². The first-order chi connectivity index (χ1) is 10.0. The summed E-state index contributed by atoms with van der Waals surface area (Å²) >= 11 is 0. The summed E-state index contributed by atoms with van der Waals surface area (Å²) in [7, 11) is 0. The third-order valence-electron chi connectivity index (χ3n) is 3.11. The summed E-state index contributed by atoms with van der Waals surface area (Å²) in [6, 6.07) is 3.31. The molecule has 8 nitrogen and oxygen atoms in total. The predicted octanol–water partition coefficient (Wildman–Crippen LogP) is 1.41. The highest BCUT2D eigenvalue weighted by Gasteiger charge is 2.13. The number of aryl methyl sites for hydroxylation is 2. The van der Waals surface area contributed by atoms with Crippen molar-refractivity contribution in [2.45, 2.75) is 26.9 Å². The van der Waals surface area contributed by atoms with E-state index < -0.39 is 0 Å². The molecular formula is C13H17N5O3. The Morgan fingerprint density at radius 1 is 1.38 bits per heavy atom. The molecule has 0 radical (unpaired) electrons. The standard InChI is InChI=1S/C13H17N5O3/c1-9-6-13(18(20)21)10(2)5-12(9)14-7-11-8-17(3-4-19)16-15-11/h5-6,8,14,19H,3-4,7H2,1-2H3. The van der Waals surface area contributed by atoms with Crippen molar-refractivity contribution in [3.05, 3.63) is 45.3 Å². The van der Waals surface area contributed by atoms with E-state index in [1.54, 1.807) is 29.9 Å². The highest BCUT2D eigenvalue weighted by Crippen LogP contribution is 2.26. The first-order valence-electron chi connectivity index (χ1n) is 6.50. The number of benzene rings is 1. The molecule has 0 saturated carbocycles. The van der Waals surface area contributed by atoms with Gasteiger partial charge in [-0.25, -0.2) is 4.68 Å². The van der Waals surface area contributed by atoms with Gasteiger partial charge >= 0.3 is 0 Å². The zero-order valence-corrected chi connectivity index (χ0v) is 11.9. The third-order valence-corrected chi connectivity index (χ3v) is 3.11. The zero-order chi connectivity index (χ0) is 15.4. The number of aromatic nitrogens is 3. The molecule has 112 valence electrons. The van der Waals surface area contributed by atoms with Crippen LogP contribution in [0.2, 0.25) is 0 Å². The second-order valence-corrected chi connectivity index (χ2v) is 4.76. The molecule has 2 N–H and O–H groups in total. The number of nitrogens with one attached hydrogen (secondary N) is 1. The number of nitrogens with zero attached hydrogens (tertiary/aromatic N) is 4. The molecule has 0 unspecified atom stereocenters. The highest BCUT2D eigenvalue weighted by molar-refractivity contribution is 5.59. The van der Waals surface area contributed by atoms with Gasteiger partial charge in [-0.15, -0.1) is 5.10 Å². The van der Waals surface area contributed by atoms with E-state index in [1.165, 1.54) is 0 Å². The predicted molar refractivity (Wildman–Crippen MR) is 77.0 cm³/mol. The average Bonchev–Trinajstić information content (AvgIpc) is 2.87. The lowest BCUT2D eigenvalue weighted by Gasteiger charge is -2.09. The molecule has 0 bridgehead atoms. The van der Waals surface area contributed by atoms with Gasteiger partial charge in [0.15, 0.2) is 0 Å². The molecule has 0 spiro atoms. The fourth-order valence-electron chi connectivity index (χ4n) is 2.01. The minimum atomic E-state index is -0.382. The molecule has 8 heteroatoms. The lowest BCUT2D eigenvalue weighted by atomic mass is 10.1. The van der Waals surface area contributed by atoms with Crippen LogP contribution in [-0.2, 0) is 13.1 Å². The normalized spacial score (nSPS) is 10.6. The molecule has 0 atom stereocenters. The summed E-state index contributed by atoms with van der Waals surface area (Å²) in [5, 5.41) is 30.7. The van der Waals surface area contributed by atoms with E-state index in [2.05, 4.69) is 15.6 Å². The van der Waals surface area contributed by atoms with Crippen molar-refractivity contribution in [1.29, 1.82) is 0 Å². The Morgan fingerprint density at radius 2 is 2.14 bits per heavy atom. The van der Waals surface area contributed by atoms with Crippen LogP contribution in [0.4, 0.5) is 11.4 Å². The number of aliphatic hydroxyl groups excluding tert-OH is 1. The molecule has 0 aliphatic heterocycles. The summed E-state index contributed by atoms with van der Waals surface area (Å²) in [4.78, 5) is 10.5. The van der Waals surface area contributed by atoms with Crippen LogP contribution < -0.4 is 5.32 Å². The minimum Gasteiger partial charge on any atom is -0.394 e. The number of aliphatic hydroxyl groups is 1. The van der Waals surface area contributed by atoms with Crippen molar-refractivity contribution >= 4 is 11.4 Å². The van der Waals surface area contributed by atoms with Gasteiger partial charge in [0.05, 0.1) is 30.8 Å². The molecule has 1 aromatic carbocycles. The van der Waals surface area contributed by atoms with Crippen molar-refractivity contribution in [3.63, 3.8) is 0 Å². The monoisotopic (exact) mass is 291 g/mol. The van der Waals surface area contributed by atoms with E-state index in [4.69, 9.17) is 5.11 Å². The molecule has 0 fully saturated rings. The maximum absolute atomic E-state index is 10.9. The Hall–Kier alpha value is -2.48. The summed E-state index contributed by atoms with van der Waals surface area (Å²) in [5.41, 5.74) is 3.09. The van der Waals surface area contributed by atoms with Crippen molar-refractivity contribution in [1.82, 2.24) is 15.0 Å². The van der Waals surface area contributed by atoms with Gasteiger partial charge in [-0.2, -0.15) is 0 Å². The van der Waals surface area contributed by atoms with E-state index in [0.29, 0.717) is 18.7 Å². The van der Waals surface area contributed by atoms with E-state index in [0.717, 1.165) is 16.9 Å². The summed E-state index contributed by atoms with van der Waals surface area (Å²) < 4.78 is 1.56. The maximum atomic E-state index is 10.9. The molecule has 0 saturated heterocycles. The number of hydrogen-bond acceptors (Lipinski definition) is 6. The van der Waals surface area contributed by atoms with Crippen molar-refractivity contribution in [2.24, 2.45) is 0 Å². The molecule has 21 heavy (non-hydrogen) atoms. The van der Waals surface area contributed by atoms with Gasteiger partial charge < -0.3 is 10.4 Å². The van der Waals surface area contributed by atoms with Crippen molar-refractivity contribution < 1.29 is 10.0 Å². The molecule has 1 aromatic heterocycles. The van der Waals surface area contributed by atoms with Crippen LogP contribution in [0.3, 0.4) is 0 Å². The van der Waals surface area contributed by atoms with Crippen LogP contribution in [0, 0.1) is 24.0 Å². The van der Waals surface area contributed by atoms with Gasteiger partial charge in [-0.1, -0.05) is 5.21 Å². The molecule has 2 aromatic rings. The average molecular weight is 291 g/mol. The van der Waals surface area contributed by atoms with Crippen molar-refractivity contribution in [2.75, 3.05) is 11.9 Å². The Labute approximate surface area is 121 Å². The van der Waals surface area contributed by atoms with Gasteiger partial charge in [0.1, 0.15) is 5.69 Å². The summed E-state index contributed by atoms with van der Waals surface area (Å²) in [6.07, 6.45) is 1.75. The fraction of sp³-hybridized carbons (Fsp3) is 0.385. The Kier molecular flexibility index (Phi) is 4.49. The number of rotatable bonds is 6. The van der Waals surface area contributed by atoms with Gasteiger partial charge in [0, 0.05) is 17.3 Å². The maximum Gasteiger partial charge on any atom is 0.272 e. The molecule has 0 aliphatic rings.